The number of benzene rings is 1. The van der Waals surface area contributed by atoms with E-state index in [-0.39, 0.29) is 0 Å². The van der Waals surface area contributed by atoms with Gasteiger partial charge in [0.2, 0.25) is 0 Å². The van der Waals surface area contributed by atoms with Gasteiger partial charge in [-0.05, 0) is 17.6 Å². The molecule has 1 aromatic carbocycles. The second-order valence-electron chi connectivity index (χ2n) is 2.33. The normalized spacial score (nSPS) is 9.67. The Labute approximate surface area is 79.4 Å². The Hall–Kier alpha value is -1.02. The van der Waals surface area contributed by atoms with E-state index in [0.29, 0.717) is 0 Å². The summed E-state index contributed by atoms with van der Waals surface area (Å²) in [5.41, 5.74) is 0. The van der Waals surface area contributed by atoms with E-state index >= 15 is 0 Å². The third-order valence-corrected chi connectivity index (χ3v) is 2.63. The van der Waals surface area contributed by atoms with Gasteiger partial charge in [0.15, 0.2) is 0 Å². The molecule has 0 saturated heterocycles. The van der Waals surface area contributed by atoms with Gasteiger partial charge in [0.25, 0.3) is 0 Å². The van der Waals surface area contributed by atoms with Crippen LogP contribution in [0.15, 0.2) is 34.6 Å². The number of hydrogen-bond donors (Lipinski definition) is 0. The number of thiocarbonyl (C=S) groups is 1. The second-order valence-corrected chi connectivity index (χ2v) is 3.37. The largest absolute Gasteiger partial charge is 0.183 e. The molecule has 0 amide bonds. The van der Waals surface area contributed by atoms with Crippen LogP contribution < -0.4 is 0 Å². The summed E-state index contributed by atoms with van der Waals surface area (Å²) in [6, 6.07) is 8.11. The van der Waals surface area contributed by atoms with Gasteiger partial charge in [-0.25, -0.2) is 0 Å². The van der Waals surface area contributed by atoms with Crippen molar-refractivity contribution in [2.75, 3.05) is 0 Å². The molecule has 12 heavy (non-hydrogen) atoms. The van der Waals surface area contributed by atoms with Crippen molar-refractivity contribution in [1.82, 2.24) is 0 Å². The molecule has 0 radical (unpaired) electrons. The van der Waals surface area contributed by atoms with Crippen molar-refractivity contribution in [3.05, 3.63) is 29.6 Å². The first-order valence-electron chi connectivity index (χ1n) is 3.46. The van der Waals surface area contributed by atoms with Crippen LogP contribution in [0, 0.1) is 0 Å². The molecule has 1 nitrogen and oxygen atoms in total. The van der Waals surface area contributed by atoms with Crippen molar-refractivity contribution in [3.63, 3.8) is 0 Å². The minimum Gasteiger partial charge on any atom is -0.183 e. The zero-order valence-electron chi connectivity index (χ0n) is 6.15. The molecular formula is C9H5NS2. The predicted molar refractivity (Wildman–Crippen MR) is 56.5 cm³/mol. The first kappa shape index (κ1) is 7.62. The van der Waals surface area contributed by atoms with E-state index in [0.717, 1.165) is 10.4 Å². The van der Waals surface area contributed by atoms with Crippen molar-refractivity contribution in [1.29, 1.82) is 0 Å². The average molecular weight is 191 g/mol. The second kappa shape index (κ2) is 3.15. The molecular weight excluding hydrogens is 186 g/mol. The number of aliphatic imine (C=N–C) groups is 1. The molecule has 1 heterocycles. The Morgan fingerprint density at radius 3 is 3.00 bits per heavy atom. The van der Waals surface area contributed by atoms with Gasteiger partial charge < -0.3 is 0 Å². The predicted octanol–water partition coefficient (Wildman–Crippen LogP) is 3.64. The van der Waals surface area contributed by atoms with E-state index in [1.165, 1.54) is 5.39 Å². The molecule has 0 aliphatic heterocycles. The van der Waals surface area contributed by atoms with Gasteiger partial charge in [-0.15, -0.1) is 11.3 Å². The van der Waals surface area contributed by atoms with Gasteiger partial charge in [-0.3, -0.25) is 0 Å². The van der Waals surface area contributed by atoms with Gasteiger partial charge in [0, 0.05) is 10.8 Å². The Kier molecular flexibility index (Phi) is 2.00. The SMILES string of the molecule is S=C=Nc1scc2ccccc12. The number of hydrogen-bond acceptors (Lipinski definition) is 3. The molecule has 0 N–H and O–H groups in total. The summed E-state index contributed by atoms with van der Waals surface area (Å²) in [6.45, 7) is 0. The number of fused-ring (bicyclic) bond motifs is 1. The quantitative estimate of drug-likeness (QED) is 0.495. The molecule has 0 fully saturated rings. The lowest BCUT2D eigenvalue weighted by molar-refractivity contribution is 1.71. The van der Waals surface area contributed by atoms with Gasteiger partial charge in [0.05, 0.1) is 5.16 Å². The first-order valence-corrected chi connectivity index (χ1v) is 4.75. The van der Waals surface area contributed by atoms with Crippen LogP contribution in [-0.2, 0) is 0 Å². The fraction of sp³-hybridized carbons (Fsp3) is 0. The molecule has 2 rings (SSSR count). The number of nitrogens with zero attached hydrogens (tertiary/aromatic N) is 1. The molecule has 0 bridgehead atoms. The molecule has 0 aliphatic carbocycles. The molecule has 0 spiro atoms. The summed E-state index contributed by atoms with van der Waals surface area (Å²) in [5.74, 6) is 0. The monoisotopic (exact) mass is 191 g/mol. The summed E-state index contributed by atoms with van der Waals surface area (Å²) in [4.78, 5) is 3.98. The Morgan fingerprint density at radius 1 is 1.33 bits per heavy atom. The summed E-state index contributed by atoms with van der Waals surface area (Å²) >= 11 is 6.14. The van der Waals surface area contributed by atoms with Crippen LogP contribution >= 0.6 is 23.6 Å². The van der Waals surface area contributed by atoms with Crippen molar-refractivity contribution in [2.45, 2.75) is 0 Å². The maximum absolute atomic E-state index is 4.55. The van der Waals surface area contributed by atoms with Gasteiger partial charge in [-0.1, -0.05) is 24.3 Å². The summed E-state index contributed by atoms with van der Waals surface area (Å²) in [6.07, 6.45) is 0. The standard InChI is InChI=1S/C9H5NS2/c11-6-10-9-8-4-2-1-3-7(8)5-12-9/h1-5H. The van der Waals surface area contributed by atoms with E-state index in [9.17, 15) is 0 Å². The minimum atomic E-state index is 0.945. The zero-order chi connectivity index (χ0) is 8.39. The third kappa shape index (κ3) is 1.18. The highest BCUT2D eigenvalue weighted by molar-refractivity contribution is 7.78. The van der Waals surface area contributed by atoms with Crippen LogP contribution in [0.2, 0.25) is 0 Å². The van der Waals surface area contributed by atoms with Gasteiger partial charge in [-0.2, -0.15) is 4.99 Å². The molecule has 2 aromatic rings. The fourth-order valence-electron chi connectivity index (χ4n) is 1.11. The number of rotatable bonds is 1. The first-order chi connectivity index (χ1) is 5.92. The minimum absolute atomic E-state index is 0.945. The Bertz CT molecular complexity index is 452. The lowest BCUT2D eigenvalue weighted by Crippen LogP contribution is -1.60. The van der Waals surface area contributed by atoms with Crippen LogP contribution in [0.25, 0.3) is 10.8 Å². The van der Waals surface area contributed by atoms with E-state index in [1.54, 1.807) is 11.3 Å². The van der Waals surface area contributed by atoms with E-state index in [4.69, 9.17) is 0 Å². The van der Waals surface area contributed by atoms with E-state index in [1.807, 2.05) is 18.2 Å². The Morgan fingerprint density at radius 2 is 2.17 bits per heavy atom. The highest BCUT2D eigenvalue weighted by atomic mass is 32.1. The van der Waals surface area contributed by atoms with Crippen molar-refractivity contribution >= 4 is 44.5 Å². The lowest BCUT2D eigenvalue weighted by atomic mass is 10.2. The Balaban J connectivity index is 2.78. The van der Waals surface area contributed by atoms with Crippen LogP contribution in [-0.4, -0.2) is 5.16 Å². The van der Waals surface area contributed by atoms with Crippen LogP contribution in [0.1, 0.15) is 0 Å². The van der Waals surface area contributed by atoms with Gasteiger partial charge in [0.1, 0.15) is 5.00 Å². The van der Waals surface area contributed by atoms with E-state index in [2.05, 4.69) is 33.8 Å². The third-order valence-electron chi connectivity index (χ3n) is 1.64. The summed E-state index contributed by atoms with van der Waals surface area (Å²) in [7, 11) is 0. The van der Waals surface area contributed by atoms with Crippen molar-refractivity contribution < 1.29 is 0 Å². The molecule has 0 atom stereocenters. The number of thiophene rings is 1. The maximum Gasteiger partial charge on any atom is 0.134 e. The molecule has 0 unspecified atom stereocenters. The highest BCUT2D eigenvalue weighted by Crippen LogP contribution is 2.32. The summed E-state index contributed by atoms with van der Waals surface area (Å²) < 4.78 is 0. The molecule has 3 heteroatoms. The molecule has 0 aliphatic rings. The lowest BCUT2D eigenvalue weighted by Gasteiger charge is -1.87. The van der Waals surface area contributed by atoms with Crippen molar-refractivity contribution in [3.8, 4) is 0 Å². The molecule has 0 saturated carbocycles. The maximum atomic E-state index is 4.55. The van der Waals surface area contributed by atoms with Crippen LogP contribution in [0.4, 0.5) is 5.00 Å². The van der Waals surface area contributed by atoms with Crippen LogP contribution in [0.5, 0.6) is 0 Å². The van der Waals surface area contributed by atoms with E-state index < -0.39 is 0 Å². The molecule has 58 valence electrons. The van der Waals surface area contributed by atoms with Crippen molar-refractivity contribution in [2.24, 2.45) is 4.99 Å². The highest BCUT2D eigenvalue weighted by Gasteiger charge is 1.99. The van der Waals surface area contributed by atoms with Crippen LogP contribution in [0.3, 0.4) is 0 Å². The summed E-state index contributed by atoms with van der Waals surface area (Å²) in [5, 5.41) is 7.76. The zero-order valence-corrected chi connectivity index (χ0v) is 7.78. The topological polar surface area (TPSA) is 12.4 Å². The molecule has 1 aromatic heterocycles. The average Bonchev–Trinajstić information content (AvgIpc) is 2.50. The number of isothiocyanates is 1. The smallest absolute Gasteiger partial charge is 0.134 e. The fourth-order valence-corrected chi connectivity index (χ4v) is 2.11. The van der Waals surface area contributed by atoms with Gasteiger partial charge >= 0.3 is 0 Å².